The van der Waals surface area contributed by atoms with Crippen LogP contribution in [0.4, 0.5) is 14.5 Å². The first kappa shape index (κ1) is 12.3. The van der Waals surface area contributed by atoms with E-state index in [0.29, 0.717) is 19.0 Å². The fraction of sp³-hybridized carbons (Fsp3) is 0.538. The van der Waals surface area contributed by atoms with Crippen LogP contribution in [0.15, 0.2) is 12.1 Å². The van der Waals surface area contributed by atoms with Crippen LogP contribution in [-0.4, -0.2) is 18.2 Å². The zero-order valence-corrected chi connectivity index (χ0v) is 9.92. The molecule has 1 aliphatic rings. The summed E-state index contributed by atoms with van der Waals surface area (Å²) in [5, 5.41) is 8.88. The zero-order chi connectivity index (χ0) is 12.4. The van der Waals surface area contributed by atoms with E-state index in [4.69, 9.17) is 5.11 Å². The quantitative estimate of drug-likeness (QED) is 0.856. The molecule has 0 amide bonds. The van der Waals surface area contributed by atoms with Gasteiger partial charge in [0.25, 0.3) is 0 Å². The van der Waals surface area contributed by atoms with Crippen molar-refractivity contribution in [1.82, 2.24) is 0 Å². The third kappa shape index (κ3) is 2.75. The van der Waals surface area contributed by atoms with Crippen molar-refractivity contribution in [3.8, 4) is 0 Å². The van der Waals surface area contributed by atoms with Crippen molar-refractivity contribution < 1.29 is 13.9 Å². The van der Waals surface area contributed by atoms with Crippen LogP contribution in [-0.2, 0) is 6.61 Å². The Morgan fingerprint density at radius 3 is 2.29 bits per heavy atom. The monoisotopic (exact) mass is 241 g/mol. The van der Waals surface area contributed by atoms with E-state index in [1.807, 2.05) is 6.92 Å². The average Bonchev–Trinajstić information content (AvgIpc) is 3.10. The maximum absolute atomic E-state index is 13.8. The maximum atomic E-state index is 13.8. The Hall–Kier alpha value is -1.16. The molecule has 0 saturated heterocycles. The molecule has 1 saturated carbocycles. The van der Waals surface area contributed by atoms with Gasteiger partial charge < -0.3 is 10.0 Å². The van der Waals surface area contributed by atoms with Gasteiger partial charge in [-0.3, -0.25) is 0 Å². The van der Waals surface area contributed by atoms with Crippen LogP contribution in [0.25, 0.3) is 0 Å². The van der Waals surface area contributed by atoms with Crippen LogP contribution >= 0.6 is 0 Å². The molecule has 0 aromatic heterocycles. The topological polar surface area (TPSA) is 23.5 Å². The van der Waals surface area contributed by atoms with Gasteiger partial charge in [-0.05, 0) is 43.4 Å². The van der Waals surface area contributed by atoms with E-state index in [2.05, 4.69) is 0 Å². The minimum Gasteiger partial charge on any atom is -0.392 e. The Kier molecular flexibility index (Phi) is 3.62. The summed E-state index contributed by atoms with van der Waals surface area (Å²) in [6, 6.07) is 2.40. The largest absolute Gasteiger partial charge is 0.392 e. The second-order valence-electron chi connectivity index (χ2n) is 4.55. The second kappa shape index (κ2) is 5.00. The van der Waals surface area contributed by atoms with Crippen molar-refractivity contribution >= 4 is 5.69 Å². The molecule has 0 heterocycles. The smallest absolute Gasteiger partial charge is 0.149 e. The van der Waals surface area contributed by atoms with Gasteiger partial charge in [-0.15, -0.1) is 0 Å². The van der Waals surface area contributed by atoms with Crippen LogP contribution < -0.4 is 4.90 Å². The first-order valence-corrected chi connectivity index (χ1v) is 5.99. The van der Waals surface area contributed by atoms with E-state index in [-0.39, 0.29) is 17.9 Å². The van der Waals surface area contributed by atoms with Gasteiger partial charge in [0.1, 0.15) is 17.3 Å². The lowest BCUT2D eigenvalue weighted by Crippen LogP contribution is -2.27. The van der Waals surface area contributed by atoms with Gasteiger partial charge >= 0.3 is 0 Å². The Morgan fingerprint density at radius 1 is 1.29 bits per heavy atom. The fourth-order valence-corrected chi connectivity index (χ4v) is 2.00. The van der Waals surface area contributed by atoms with E-state index in [1.54, 1.807) is 4.90 Å². The van der Waals surface area contributed by atoms with Crippen molar-refractivity contribution in [3.63, 3.8) is 0 Å². The second-order valence-corrected chi connectivity index (χ2v) is 4.55. The molecule has 1 fully saturated rings. The highest BCUT2D eigenvalue weighted by Crippen LogP contribution is 2.33. The molecular weight excluding hydrogens is 224 g/mol. The number of aliphatic hydroxyl groups excluding tert-OH is 1. The van der Waals surface area contributed by atoms with Crippen LogP contribution in [0.3, 0.4) is 0 Å². The third-order valence-corrected chi connectivity index (χ3v) is 3.13. The molecule has 17 heavy (non-hydrogen) atoms. The summed E-state index contributed by atoms with van der Waals surface area (Å²) in [6.45, 7) is 2.84. The van der Waals surface area contributed by atoms with Crippen LogP contribution in [0.2, 0.25) is 0 Å². The van der Waals surface area contributed by atoms with E-state index in [0.717, 1.165) is 12.8 Å². The first-order chi connectivity index (χ1) is 8.15. The summed E-state index contributed by atoms with van der Waals surface area (Å²) in [6.07, 6.45) is 2.29. The van der Waals surface area contributed by atoms with Gasteiger partial charge in [0, 0.05) is 13.1 Å². The fourth-order valence-electron chi connectivity index (χ4n) is 2.00. The predicted octanol–water partition coefficient (Wildman–Crippen LogP) is 2.69. The van der Waals surface area contributed by atoms with Gasteiger partial charge in [-0.25, -0.2) is 8.78 Å². The molecule has 1 N–H and O–H groups in total. The van der Waals surface area contributed by atoms with Gasteiger partial charge in [0.2, 0.25) is 0 Å². The molecule has 0 atom stereocenters. The van der Waals surface area contributed by atoms with E-state index in [9.17, 15) is 8.78 Å². The molecule has 0 spiro atoms. The number of anilines is 1. The molecule has 1 aromatic carbocycles. The maximum Gasteiger partial charge on any atom is 0.149 e. The molecule has 94 valence electrons. The SMILES string of the molecule is CCN(CC1CC1)c1c(F)cc(CO)cc1F. The van der Waals surface area contributed by atoms with Crippen LogP contribution in [0.1, 0.15) is 25.3 Å². The van der Waals surface area contributed by atoms with E-state index < -0.39 is 11.6 Å². The third-order valence-electron chi connectivity index (χ3n) is 3.13. The van der Waals surface area contributed by atoms with Crippen LogP contribution in [0.5, 0.6) is 0 Å². The molecule has 2 rings (SSSR count). The number of aliphatic hydroxyl groups is 1. The van der Waals surface area contributed by atoms with Gasteiger partial charge in [0.15, 0.2) is 0 Å². The van der Waals surface area contributed by atoms with E-state index >= 15 is 0 Å². The normalized spacial score (nSPS) is 15.1. The standard InChI is InChI=1S/C13H17F2NO/c1-2-16(7-9-3-4-9)13-11(14)5-10(8-17)6-12(13)15/h5-6,9,17H,2-4,7-8H2,1H3. The van der Waals surface area contributed by atoms with E-state index in [1.165, 1.54) is 12.1 Å². The van der Waals surface area contributed by atoms with Crippen molar-refractivity contribution in [2.45, 2.75) is 26.4 Å². The Morgan fingerprint density at radius 2 is 1.88 bits per heavy atom. The number of nitrogens with zero attached hydrogens (tertiary/aromatic N) is 1. The summed E-state index contributed by atoms with van der Waals surface area (Å²) in [5.74, 6) is -0.598. The Bertz CT molecular complexity index is 381. The molecule has 1 aliphatic carbocycles. The van der Waals surface area contributed by atoms with Gasteiger partial charge in [-0.2, -0.15) is 0 Å². The lowest BCUT2D eigenvalue weighted by Gasteiger charge is -2.24. The highest BCUT2D eigenvalue weighted by Gasteiger charge is 2.26. The number of hydrogen-bond acceptors (Lipinski definition) is 2. The number of rotatable bonds is 5. The molecule has 2 nitrogen and oxygen atoms in total. The van der Waals surface area contributed by atoms with Crippen LogP contribution in [0, 0.1) is 17.6 Å². The summed E-state index contributed by atoms with van der Waals surface area (Å²) >= 11 is 0. The lowest BCUT2D eigenvalue weighted by atomic mass is 10.1. The Labute approximate surface area is 99.9 Å². The predicted molar refractivity (Wildman–Crippen MR) is 62.9 cm³/mol. The van der Waals surface area contributed by atoms with Gasteiger partial charge in [0.05, 0.1) is 6.61 Å². The molecule has 0 bridgehead atoms. The van der Waals surface area contributed by atoms with Gasteiger partial charge in [-0.1, -0.05) is 0 Å². The van der Waals surface area contributed by atoms with Crippen molar-refractivity contribution in [2.75, 3.05) is 18.0 Å². The van der Waals surface area contributed by atoms with Crippen molar-refractivity contribution in [2.24, 2.45) is 5.92 Å². The summed E-state index contributed by atoms with van der Waals surface area (Å²) in [4.78, 5) is 1.74. The molecule has 0 aliphatic heterocycles. The molecular formula is C13H17F2NO. The number of halogens is 2. The van der Waals surface area contributed by atoms with Crippen molar-refractivity contribution in [1.29, 1.82) is 0 Å². The number of hydrogen-bond donors (Lipinski definition) is 1. The highest BCUT2D eigenvalue weighted by molar-refractivity contribution is 5.50. The Balaban J connectivity index is 2.28. The summed E-state index contributed by atoms with van der Waals surface area (Å²) in [5.41, 5.74) is 0.308. The minimum absolute atomic E-state index is 0.0385. The average molecular weight is 241 g/mol. The lowest BCUT2D eigenvalue weighted by molar-refractivity contribution is 0.280. The minimum atomic E-state index is -0.587. The number of benzene rings is 1. The molecule has 1 aromatic rings. The summed E-state index contributed by atoms with van der Waals surface area (Å²) < 4.78 is 27.6. The molecule has 4 heteroatoms. The molecule has 0 radical (unpaired) electrons. The molecule has 0 unspecified atom stereocenters. The first-order valence-electron chi connectivity index (χ1n) is 5.99. The zero-order valence-electron chi connectivity index (χ0n) is 9.92. The summed E-state index contributed by atoms with van der Waals surface area (Å²) in [7, 11) is 0. The van der Waals surface area contributed by atoms with Crippen molar-refractivity contribution in [3.05, 3.63) is 29.3 Å². The highest BCUT2D eigenvalue weighted by atomic mass is 19.1.